The molecule has 1 aliphatic rings. The second-order valence-corrected chi connectivity index (χ2v) is 6.86. The molecule has 0 saturated carbocycles. The molecular weight excluding hydrogens is 336 g/mol. The summed E-state index contributed by atoms with van der Waals surface area (Å²) < 4.78 is 5.85. The van der Waals surface area contributed by atoms with Crippen LogP contribution < -0.4 is 15.4 Å². The Morgan fingerprint density at radius 2 is 1.56 bits per heavy atom. The summed E-state index contributed by atoms with van der Waals surface area (Å²) in [5.74, 6) is 0.746. The third-order valence-electron chi connectivity index (χ3n) is 4.85. The summed E-state index contributed by atoms with van der Waals surface area (Å²) >= 11 is 0. The van der Waals surface area contributed by atoms with Gasteiger partial charge in [0.1, 0.15) is 11.4 Å². The van der Waals surface area contributed by atoms with Gasteiger partial charge in [0.25, 0.3) is 5.91 Å². The fraction of sp³-hybridized carbons (Fsp3) is 0.174. The maximum atomic E-state index is 12.4. The highest BCUT2D eigenvalue weighted by atomic mass is 16.5. The number of anilines is 1. The predicted octanol–water partition coefficient (Wildman–Crippen LogP) is 4.34. The number of amides is 1. The van der Waals surface area contributed by atoms with Crippen molar-refractivity contribution in [1.82, 2.24) is 5.32 Å². The molecule has 0 aromatic heterocycles. The van der Waals surface area contributed by atoms with E-state index in [0.717, 1.165) is 23.4 Å². The molecule has 0 saturated heterocycles. The lowest BCUT2D eigenvalue weighted by atomic mass is 9.96. The van der Waals surface area contributed by atoms with Gasteiger partial charge in [-0.3, -0.25) is 4.79 Å². The Morgan fingerprint density at radius 1 is 0.852 bits per heavy atom. The first-order valence-corrected chi connectivity index (χ1v) is 9.11. The molecule has 2 N–H and O–H groups in total. The van der Waals surface area contributed by atoms with Crippen LogP contribution in [0.25, 0.3) is 0 Å². The van der Waals surface area contributed by atoms with Crippen LogP contribution in [0.5, 0.6) is 5.75 Å². The second kappa shape index (κ2) is 7.16. The van der Waals surface area contributed by atoms with Gasteiger partial charge in [-0.15, -0.1) is 0 Å². The highest BCUT2D eigenvalue weighted by Gasteiger charge is 2.34. The molecule has 136 valence electrons. The zero-order chi connectivity index (χ0) is 18.7. The van der Waals surface area contributed by atoms with Crippen molar-refractivity contribution in [1.29, 1.82) is 0 Å². The van der Waals surface area contributed by atoms with Crippen molar-refractivity contribution in [3.63, 3.8) is 0 Å². The predicted molar refractivity (Wildman–Crippen MR) is 107 cm³/mol. The first-order chi connectivity index (χ1) is 13.1. The van der Waals surface area contributed by atoms with Crippen molar-refractivity contribution in [3.05, 3.63) is 95.6 Å². The van der Waals surface area contributed by atoms with Crippen molar-refractivity contribution in [3.8, 4) is 5.75 Å². The van der Waals surface area contributed by atoms with Gasteiger partial charge in [-0.25, -0.2) is 0 Å². The van der Waals surface area contributed by atoms with E-state index in [1.165, 1.54) is 5.56 Å². The second-order valence-electron chi connectivity index (χ2n) is 6.86. The Kier molecular flexibility index (Phi) is 4.55. The maximum Gasteiger partial charge on any atom is 0.255 e. The normalized spacial score (nSPS) is 18.2. The first kappa shape index (κ1) is 17.2. The molecule has 0 spiro atoms. The summed E-state index contributed by atoms with van der Waals surface area (Å²) in [4.78, 5) is 12.4. The third kappa shape index (κ3) is 3.65. The minimum absolute atomic E-state index is 0.0740. The van der Waals surface area contributed by atoms with Crippen LogP contribution >= 0.6 is 0 Å². The Balaban J connectivity index is 1.44. The zero-order valence-electron chi connectivity index (χ0n) is 15.2. The van der Waals surface area contributed by atoms with Crippen molar-refractivity contribution in [2.75, 3.05) is 11.9 Å². The number of carbonyl (C=O) groups is 1. The molecule has 0 radical (unpaired) electrons. The first-order valence-electron chi connectivity index (χ1n) is 9.11. The van der Waals surface area contributed by atoms with E-state index in [0.29, 0.717) is 12.2 Å². The van der Waals surface area contributed by atoms with Crippen molar-refractivity contribution in [2.24, 2.45) is 0 Å². The average Bonchev–Trinajstić information content (AvgIpc) is 2.69. The summed E-state index contributed by atoms with van der Waals surface area (Å²) in [6.45, 7) is 2.59. The lowest BCUT2D eigenvalue weighted by Gasteiger charge is -2.38. The van der Waals surface area contributed by atoms with E-state index >= 15 is 0 Å². The number of para-hydroxylation sites is 1. The van der Waals surface area contributed by atoms with E-state index in [4.69, 9.17) is 4.74 Å². The van der Waals surface area contributed by atoms with E-state index in [9.17, 15) is 4.79 Å². The minimum Gasteiger partial charge on any atom is -0.493 e. The average molecular weight is 358 g/mol. The molecule has 27 heavy (non-hydrogen) atoms. The highest BCUT2D eigenvalue weighted by molar-refractivity contribution is 6.02. The lowest BCUT2D eigenvalue weighted by Crippen LogP contribution is -2.52. The number of fused-ring (bicyclic) bond motifs is 1. The fourth-order valence-electron chi connectivity index (χ4n) is 3.35. The number of hydrogen-bond donors (Lipinski definition) is 2. The molecule has 1 amide bonds. The van der Waals surface area contributed by atoms with Crippen molar-refractivity contribution in [2.45, 2.75) is 19.0 Å². The number of ether oxygens (including phenoxy) is 1. The van der Waals surface area contributed by atoms with Gasteiger partial charge >= 0.3 is 0 Å². The topological polar surface area (TPSA) is 50.4 Å². The van der Waals surface area contributed by atoms with Gasteiger partial charge in [0, 0.05) is 12.1 Å². The molecule has 1 heterocycles. The van der Waals surface area contributed by atoms with Gasteiger partial charge < -0.3 is 15.4 Å². The van der Waals surface area contributed by atoms with E-state index in [-0.39, 0.29) is 5.91 Å². The number of nitrogens with one attached hydrogen (secondary N) is 2. The van der Waals surface area contributed by atoms with Gasteiger partial charge in [-0.05, 0) is 42.3 Å². The van der Waals surface area contributed by atoms with Crippen molar-refractivity contribution >= 4 is 11.6 Å². The molecule has 4 nitrogen and oxygen atoms in total. The van der Waals surface area contributed by atoms with Crippen LogP contribution in [0.15, 0.2) is 78.9 Å². The molecule has 1 unspecified atom stereocenters. The van der Waals surface area contributed by atoms with Crippen LogP contribution in [0.3, 0.4) is 0 Å². The summed E-state index contributed by atoms with van der Waals surface area (Å²) in [5.41, 5.74) is 3.08. The lowest BCUT2D eigenvalue weighted by molar-refractivity contribution is 0.0906. The van der Waals surface area contributed by atoms with Gasteiger partial charge in [0.2, 0.25) is 0 Å². The van der Waals surface area contributed by atoms with Crippen LogP contribution in [0.2, 0.25) is 0 Å². The van der Waals surface area contributed by atoms with Crippen LogP contribution in [-0.4, -0.2) is 12.5 Å². The van der Waals surface area contributed by atoms with E-state index in [2.05, 4.69) is 22.8 Å². The van der Waals surface area contributed by atoms with E-state index in [1.807, 2.05) is 73.7 Å². The molecule has 0 bridgehead atoms. The Hall–Kier alpha value is -3.27. The molecule has 1 atom stereocenters. The third-order valence-corrected chi connectivity index (χ3v) is 4.85. The van der Waals surface area contributed by atoms with Gasteiger partial charge in [-0.2, -0.15) is 0 Å². The molecule has 1 aliphatic heterocycles. The molecular formula is C23H22N2O2. The monoisotopic (exact) mass is 358 g/mol. The van der Waals surface area contributed by atoms with Crippen LogP contribution in [0, 0.1) is 0 Å². The van der Waals surface area contributed by atoms with Gasteiger partial charge in [-0.1, -0.05) is 54.6 Å². The number of benzene rings is 3. The quantitative estimate of drug-likeness (QED) is 0.713. The summed E-state index contributed by atoms with van der Waals surface area (Å²) in [6, 6.07) is 25.7. The van der Waals surface area contributed by atoms with Crippen molar-refractivity contribution < 1.29 is 9.53 Å². The smallest absolute Gasteiger partial charge is 0.255 e. The highest BCUT2D eigenvalue weighted by Crippen LogP contribution is 2.31. The molecule has 0 fully saturated rings. The SMILES string of the molecule is CC1(c2ccc(OCCc3ccccc3)cc2)NC(=O)c2ccccc2N1. The van der Waals surface area contributed by atoms with E-state index < -0.39 is 5.66 Å². The summed E-state index contributed by atoms with van der Waals surface area (Å²) in [5, 5.41) is 6.49. The number of hydrogen-bond acceptors (Lipinski definition) is 3. The zero-order valence-corrected chi connectivity index (χ0v) is 15.2. The standard InChI is InChI=1S/C23H22N2O2/c1-23(24-21-10-6-5-9-20(21)22(26)25-23)18-11-13-19(14-12-18)27-16-15-17-7-3-2-4-8-17/h2-14,24H,15-16H2,1H3,(H,25,26). The molecule has 0 aliphatic carbocycles. The number of rotatable bonds is 5. The molecule has 3 aromatic carbocycles. The number of carbonyl (C=O) groups excluding carboxylic acids is 1. The summed E-state index contributed by atoms with van der Waals surface area (Å²) in [7, 11) is 0. The van der Waals surface area contributed by atoms with Crippen LogP contribution in [0.1, 0.15) is 28.4 Å². The largest absolute Gasteiger partial charge is 0.493 e. The molecule has 4 rings (SSSR count). The summed E-state index contributed by atoms with van der Waals surface area (Å²) in [6.07, 6.45) is 0.870. The van der Waals surface area contributed by atoms with Gasteiger partial charge in [0.15, 0.2) is 0 Å². The van der Waals surface area contributed by atoms with Crippen LogP contribution in [0.4, 0.5) is 5.69 Å². The Bertz CT molecular complexity index is 938. The van der Waals surface area contributed by atoms with Gasteiger partial charge in [0.05, 0.1) is 12.2 Å². The Labute approximate surface area is 159 Å². The van der Waals surface area contributed by atoms with Crippen LogP contribution in [-0.2, 0) is 12.1 Å². The van der Waals surface area contributed by atoms with E-state index in [1.54, 1.807) is 0 Å². The minimum atomic E-state index is -0.659. The molecule has 3 aromatic rings. The Morgan fingerprint density at radius 3 is 2.33 bits per heavy atom. The fourth-order valence-corrected chi connectivity index (χ4v) is 3.35. The maximum absolute atomic E-state index is 12.4. The molecule has 4 heteroatoms.